The highest BCUT2D eigenvalue weighted by molar-refractivity contribution is 7.89. The van der Waals surface area contributed by atoms with Crippen LogP contribution in [-0.2, 0) is 10.0 Å². The number of hydrazone groups is 1. The van der Waals surface area contributed by atoms with E-state index >= 15 is 0 Å². The van der Waals surface area contributed by atoms with Crippen LogP contribution in [0.1, 0.15) is 30.5 Å². The van der Waals surface area contributed by atoms with E-state index in [0.717, 1.165) is 22.4 Å². The predicted octanol–water partition coefficient (Wildman–Crippen LogP) is 4.76. The monoisotopic (exact) mass is 422 g/mol. The Morgan fingerprint density at radius 1 is 0.900 bits per heavy atom. The SMILES string of the molecule is Cc1ccc(S(=O)(=O)N/N=C(/c2ccccc2)c2ccc(OCC(C)C)cc2)cc1. The quantitative estimate of drug-likeness (QED) is 0.420. The lowest BCUT2D eigenvalue weighted by atomic mass is 10.0. The molecule has 0 unspecified atom stereocenters. The van der Waals surface area contributed by atoms with Crippen LogP contribution in [0.5, 0.6) is 5.75 Å². The Bertz CT molecular complexity index is 1090. The summed E-state index contributed by atoms with van der Waals surface area (Å²) in [7, 11) is -3.78. The van der Waals surface area contributed by atoms with Crippen LogP contribution in [0.25, 0.3) is 0 Å². The second-order valence-electron chi connectivity index (χ2n) is 7.46. The normalized spacial score (nSPS) is 12.1. The van der Waals surface area contributed by atoms with Crippen molar-refractivity contribution < 1.29 is 13.2 Å². The molecule has 0 radical (unpaired) electrons. The van der Waals surface area contributed by atoms with Crippen LogP contribution in [0.2, 0.25) is 0 Å². The van der Waals surface area contributed by atoms with Crippen molar-refractivity contribution in [2.24, 2.45) is 11.0 Å². The smallest absolute Gasteiger partial charge is 0.276 e. The first-order chi connectivity index (χ1) is 14.3. The molecule has 0 aliphatic rings. The number of hydrogen-bond acceptors (Lipinski definition) is 4. The van der Waals surface area contributed by atoms with E-state index in [1.807, 2.05) is 61.5 Å². The Morgan fingerprint density at radius 2 is 1.50 bits per heavy atom. The summed E-state index contributed by atoms with van der Waals surface area (Å²) >= 11 is 0. The summed E-state index contributed by atoms with van der Waals surface area (Å²) in [5.41, 5.74) is 3.11. The third-order valence-electron chi connectivity index (χ3n) is 4.37. The summed E-state index contributed by atoms with van der Waals surface area (Å²) in [5.74, 6) is 1.20. The summed E-state index contributed by atoms with van der Waals surface area (Å²) in [4.78, 5) is 2.54. The van der Waals surface area contributed by atoms with E-state index in [9.17, 15) is 8.42 Å². The molecule has 3 aromatic rings. The van der Waals surface area contributed by atoms with Crippen molar-refractivity contribution in [3.63, 3.8) is 0 Å². The molecule has 0 bridgehead atoms. The molecule has 0 atom stereocenters. The molecule has 3 aromatic carbocycles. The number of nitrogens with zero attached hydrogens (tertiary/aromatic N) is 1. The van der Waals surface area contributed by atoms with E-state index in [4.69, 9.17) is 4.74 Å². The van der Waals surface area contributed by atoms with Gasteiger partial charge in [-0.1, -0.05) is 61.9 Å². The minimum Gasteiger partial charge on any atom is -0.493 e. The largest absolute Gasteiger partial charge is 0.493 e. The first-order valence-electron chi connectivity index (χ1n) is 9.80. The minimum absolute atomic E-state index is 0.168. The van der Waals surface area contributed by atoms with Crippen molar-refractivity contribution in [1.82, 2.24) is 4.83 Å². The molecule has 0 amide bonds. The Labute approximate surface area is 178 Å². The average Bonchev–Trinajstić information content (AvgIpc) is 2.74. The Kier molecular flexibility index (Phi) is 6.90. The van der Waals surface area contributed by atoms with Crippen molar-refractivity contribution in [2.45, 2.75) is 25.7 Å². The molecular weight excluding hydrogens is 396 g/mol. The summed E-state index contributed by atoms with van der Waals surface area (Å²) < 4.78 is 31.1. The Morgan fingerprint density at radius 3 is 2.10 bits per heavy atom. The van der Waals surface area contributed by atoms with Gasteiger partial charge in [-0.3, -0.25) is 0 Å². The van der Waals surface area contributed by atoms with E-state index in [-0.39, 0.29) is 4.90 Å². The van der Waals surface area contributed by atoms with Crippen molar-refractivity contribution in [3.8, 4) is 5.75 Å². The van der Waals surface area contributed by atoms with Gasteiger partial charge in [0, 0.05) is 11.1 Å². The first kappa shape index (κ1) is 21.6. The third kappa shape index (κ3) is 5.70. The number of rotatable bonds is 8. The molecule has 0 aromatic heterocycles. The van der Waals surface area contributed by atoms with E-state index in [1.165, 1.54) is 0 Å². The highest BCUT2D eigenvalue weighted by atomic mass is 32.2. The number of nitrogens with one attached hydrogen (secondary N) is 1. The highest BCUT2D eigenvalue weighted by Gasteiger charge is 2.14. The van der Waals surface area contributed by atoms with E-state index in [0.29, 0.717) is 18.2 Å². The molecule has 3 rings (SSSR count). The molecule has 0 heterocycles. The van der Waals surface area contributed by atoms with E-state index < -0.39 is 10.0 Å². The summed E-state index contributed by atoms with van der Waals surface area (Å²) in [6, 6.07) is 23.6. The topological polar surface area (TPSA) is 67.8 Å². The Hall–Kier alpha value is -3.12. The number of sulfonamides is 1. The molecule has 6 heteroatoms. The van der Waals surface area contributed by atoms with Crippen LogP contribution in [0.15, 0.2) is 88.9 Å². The van der Waals surface area contributed by atoms with Gasteiger partial charge < -0.3 is 4.74 Å². The van der Waals surface area contributed by atoms with Gasteiger partial charge in [0.1, 0.15) is 5.75 Å². The van der Waals surface area contributed by atoms with E-state index in [2.05, 4.69) is 23.8 Å². The molecule has 0 aliphatic heterocycles. The van der Waals surface area contributed by atoms with E-state index in [1.54, 1.807) is 24.3 Å². The first-order valence-corrected chi connectivity index (χ1v) is 11.3. The molecule has 0 aliphatic carbocycles. The zero-order valence-electron chi connectivity index (χ0n) is 17.4. The van der Waals surface area contributed by atoms with Gasteiger partial charge >= 0.3 is 0 Å². The summed E-state index contributed by atoms with van der Waals surface area (Å²) in [5, 5.41) is 4.28. The summed E-state index contributed by atoms with van der Waals surface area (Å²) in [6.45, 7) is 6.72. The molecule has 1 N–H and O–H groups in total. The maximum Gasteiger partial charge on any atom is 0.276 e. The molecule has 0 spiro atoms. The fourth-order valence-corrected chi connectivity index (χ4v) is 3.55. The van der Waals surface area contributed by atoms with Crippen LogP contribution in [-0.4, -0.2) is 20.7 Å². The lowest BCUT2D eigenvalue weighted by Gasteiger charge is -2.11. The lowest BCUT2D eigenvalue weighted by molar-refractivity contribution is 0.271. The van der Waals surface area contributed by atoms with Gasteiger partial charge in [-0.25, -0.2) is 0 Å². The van der Waals surface area contributed by atoms with Crippen LogP contribution in [0.3, 0.4) is 0 Å². The highest BCUT2D eigenvalue weighted by Crippen LogP contribution is 2.17. The van der Waals surface area contributed by atoms with Crippen molar-refractivity contribution in [2.75, 3.05) is 6.61 Å². The zero-order valence-corrected chi connectivity index (χ0v) is 18.2. The van der Waals surface area contributed by atoms with Crippen molar-refractivity contribution in [1.29, 1.82) is 0 Å². The third-order valence-corrected chi connectivity index (χ3v) is 5.59. The van der Waals surface area contributed by atoms with Crippen molar-refractivity contribution >= 4 is 15.7 Å². The van der Waals surface area contributed by atoms with Gasteiger partial charge in [-0.05, 0) is 49.2 Å². The van der Waals surface area contributed by atoms with Gasteiger partial charge in [0.25, 0.3) is 10.0 Å². The van der Waals surface area contributed by atoms with Crippen LogP contribution >= 0.6 is 0 Å². The van der Waals surface area contributed by atoms with Gasteiger partial charge in [-0.15, -0.1) is 0 Å². The van der Waals surface area contributed by atoms with Gasteiger partial charge in [-0.2, -0.15) is 18.4 Å². The molecule has 30 heavy (non-hydrogen) atoms. The number of benzene rings is 3. The second-order valence-corrected chi connectivity index (χ2v) is 9.12. The molecule has 0 saturated heterocycles. The summed E-state index contributed by atoms with van der Waals surface area (Å²) in [6.07, 6.45) is 0. The van der Waals surface area contributed by atoms with Crippen molar-refractivity contribution in [3.05, 3.63) is 95.6 Å². The average molecular weight is 423 g/mol. The number of aryl methyl sites for hydroxylation is 1. The maximum absolute atomic E-state index is 12.7. The Balaban J connectivity index is 1.91. The maximum atomic E-state index is 12.7. The molecule has 0 fully saturated rings. The zero-order chi connectivity index (χ0) is 21.6. The molecular formula is C24H26N2O3S. The lowest BCUT2D eigenvalue weighted by Crippen LogP contribution is -2.21. The standard InChI is InChI=1S/C24H26N2O3S/c1-18(2)17-29-22-13-11-21(12-14-22)24(20-7-5-4-6-8-20)25-26-30(27,28)23-15-9-19(3)10-16-23/h4-16,18,26H,17H2,1-3H3/b25-24-. The van der Waals surface area contributed by atoms with Crippen LogP contribution < -0.4 is 9.57 Å². The molecule has 156 valence electrons. The predicted molar refractivity (Wildman–Crippen MR) is 120 cm³/mol. The van der Waals surface area contributed by atoms with Gasteiger partial charge in [0.2, 0.25) is 0 Å². The van der Waals surface area contributed by atoms with Gasteiger partial charge in [0.05, 0.1) is 17.2 Å². The molecule has 0 saturated carbocycles. The number of ether oxygens (including phenoxy) is 1. The number of hydrogen-bond donors (Lipinski definition) is 1. The van der Waals surface area contributed by atoms with Crippen LogP contribution in [0, 0.1) is 12.8 Å². The van der Waals surface area contributed by atoms with Crippen LogP contribution in [0.4, 0.5) is 0 Å². The fourth-order valence-electron chi connectivity index (χ4n) is 2.74. The molecule has 5 nitrogen and oxygen atoms in total. The second kappa shape index (κ2) is 9.59. The minimum atomic E-state index is -3.78. The fraction of sp³-hybridized carbons (Fsp3) is 0.208. The van der Waals surface area contributed by atoms with Gasteiger partial charge in [0.15, 0.2) is 0 Å².